The monoisotopic (exact) mass is 238 g/mol. The minimum atomic E-state index is -5.25. The third-order valence-electron chi connectivity index (χ3n) is 1.20. The maximum absolute atomic E-state index is 10.8. The van der Waals surface area contributed by atoms with Crippen LogP contribution in [0.25, 0.3) is 0 Å². The smallest absolute Gasteiger partial charge is 0.370 e. The van der Waals surface area contributed by atoms with Crippen molar-refractivity contribution in [1.82, 2.24) is 0 Å². The summed E-state index contributed by atoms with van der Waals surface area (Å²) in [4.78, 5) is 0. The van der Waals surface area contributed by atoms with E-state index >= 15 is 0 Å². The summed E-state index contributed by atoms with van der Waals surface area (Å²) in [5, 5.41) is 0. The number of hydrogen-bond acceptors (Lipinski definition) is 5. The fourth-order valence-electron chi connectivity index (χ4n) is 0.637. The van der Waals surface area contributed by atoms with Gasteiger partial charge in [-0.3, -0.25) is 4.55 Å². The highest BCUT2D eigenvalue weighted by atomic mass is 33.2. The second-order valence-electron chi connectivity index (χ2n) is 2.23. The summed E-state index contributed by atoms with van der Waals surface area (Å²) < 4.78 is 54.5. The maximum Gasteiger partial charge on any atom is 0.444 e. The summed E-state index contributed by atoms with van der Waals surface area (Å²) in [5.74, 6) is -0.190. The van der Waals surface area contributed by atoms with Crippen LogP contribution in [0, 0.1) is 0 Å². The van der Waals surface area contributed by atoms with Gasteiger partial charge in [-0.05, 0) is 12.1 Å². The first-order chi connectivity index (χ1) is 6.33. The molecule has 0 aliphatic heterocycles. The third-order valence-corrected chi connectivity index (χ3v) is 3.86. The Balaban J connectivity index is 3.03. The van der Waals surface area contributed by atoms with Gasteiger partial charge in [0.1, 0.15) is 5.75 Å². The number of rotatable bonds is 3. The van der Waals surface area contributed by atoms with E-state index in [1.54, 1.807) is 6.07 Å². The molecule has 1 N–H and O–H groups in total. The van der Waals surface area contributed by atoms with E-state index in [0.29, 0.717) is 0 Å². The molecular formula is C6H6O6S2. The fourth-order valence-corrected chi connectivity index (χ4v) is 1.56. The molecule has 0 bridgehead atoms. The van der Waals surface area contributed by atoms with E-state index in [9.17, 15) is 16.8 Å². The molecule has 0 radical (unpaired) electrons. The summed E-state index contributed by atoms with van der Waals surface area (Å²) >= 11 is 0. The van der Waals surface area contributed by atoms with Crippen LogP contribution in [0.1, 0.15) is 0 Å². The van der Waals surface area contributed by atoms with E-state index in [0.717, 1.165) is 0 Å². The van der Waals surface area contributed by atoms with Gasteiger partial charge in [0.05, 0.1) is 0 Å². The van der Waals surface area contributed by atoms with Crippen molar-refractivity contribution in [3.05, 3.63) is 30.3 Å². The van der Waals surface area contributed by atoms with Crippen LogP contribution in [0.5, 0.6) is 5.75 Å². The van der Waals surface area contributed by atoms with Gasteiger partial charge < -0.3 is 4.18 Å². The van der Waals surface area contributed by atoms with Gasteiger partial charge in [-0.2, -0.15) is 16.8 Å². The zero-order valence-corrected chi connectivity index (χ0v) is 8.32. The Labute approximate surface area is 80.4 Å². The molecule has 0 spiro atoms. The van der Waals surface area contributed by atoms with Gasteiger partial charge in [0.2, 0.25) is 0 Å². The van der Waals surface area contributed by atoms with Crippen LogP contribution in [0.15, 0.2) is 30.3 Å². The summed E-state index contributed by atoms with van der Waals surface area (Å²) in [6.45, 7) is 0. The molecule has 0 fully saturated rings. The molecule has 0 heterocycles. The lowest BCUT2D eigenvalue weighted by Gasteiger charge is -2.02. The second-order valence-corrected chi connectivity index (χ2v) is 6.56. The van der Waals surface area contributed by atoms with Gasteiger partial charge in [0.15, 0.2) is 0 Å². The van der Waals surface area contributed by atoms with Gasteiger partial charge in [-0.25, -0.2) is 0 Å². The normalized spacial score (nSPS) is 12.4. The van der Waals surface area contributed by atoms with Crippen molar-refractivity contribution in [3.8, 4) is 5.75 Å². The van der Waals surface area contributed by atoms with Crippen molar-refractivity contribution >= 4 is 18.3 Å². The van der Waals surface area contributed by atoms with Gasteiger partial charge in [0.25, 0.3) is 0 Å². The molecule has 8 heteroatoms. The maximum atomic E-state index is 10.8. The van der Waals surface area contributed by atoms with Gasteiger partial charge >= 0.3 is 18.3 Å². The Bertz CT molecular complexity index is 501. The van der Waals surface area contributed by atoms with Crippen molar-refractivity contribution in [2.75, 3.05) is 0 Å². The average Bonchev–Trinajstić information content (AvgIpc) is 2.03. The van der Waals surface area contributed by atoms with E-state index in [1.165, 1.54) is 24.3 Å². The quantitative estimate of drug-likeness (QED) is 0.596. The first-order valence-electron chi connectivity index (χ1n) is 3.30. The topological polar surface area (TPSA) is 97.7 Å². The van der Waals surface area contributed by atoms with Crippen LogP contribution in [0.3, 0.4) is 0 Å². The van der Waals surface area contributed by atoms with E-state index in [1.807, 2.05) is 0 Å². The van der Waals surface area contributed by atoms with E-state index < -0.39 is 18.3 Å². The van der Waals surface area contributed by atoms with Crippen LogP contribution in [0.4, 0.5) is 0 Å². The summed E-state index contributed by atoms with van der Waals surface area (Å²) in [6.07, 6.45) is 0. The molecule has 0 aliphatic carbocycles. The van der Waals surface area contributed by atoms with Gasteiger partial charge in [-0.1, -0.05) is 18.2 Å². The van der Waals surface area contributed by atoms with Crippen molar-refractivity contribution in [3.63, 3.8) is 0 Å². The summed E-state index contributed by atoms with van der Waals surface area (Å²) in [6, 6.07) is 6.97. The number of benzene rings is 1. The summed E-state index contributed by atoms with van der Waals surface area (Å²) in [7, 11) is -10.3. The van der Waals surface area contributed by atoms with E-state index in [4.69, 9.17) is 4.55 Å². The molecule has 0 aromatic heterocycles. The zero-order valence-electron chi connectivity index (χ0n) is 6.69. The minimum Gasteiger partial charge on any atom is -0.370 e. The Hall–Kier alpha value is -1.12. The van der Waals surface area contributed by atoms with Crippen LogP contribution in [-0.2, 0) is 18.3 Å². The lowest BCUT2D eigenvalue weighted by molar-refractivity contribution is 0.462. The second kappa shape index (κ2) is 3.56. The van der Waals surface area contributed by atoms with Crippen LogP contribution in [-0.4, -0.2) is 21.4 Å². The molecule has 1 aromatic rings. The largest absolute Gasteiger partial charge is 0.444 e. The lowest BCUT2D eigenvalue weighted by atomic mass is 10.3. The van der Waals surface area contributed by atoms with Crippen molar-refractivity contribution in [2.45, 2.75) is 0 Å². The van der Waals surface area contributed by atoms with Crippen LogP contribution in [0.2, 0.25) is 0 Å². The molecule has 1 aromatic carbocycles. The zero-order chi connectivity index (χ0) is 10.8. The van der Waals surface area contributed by atoms with E-state index in [-0.39, 0.29) is 5.75 Å². The number of para-hydroxylation sites is 1. The van der Waals surface area contributed by atoms with Crippen LogP contribution >= 0.6 is 0 Å². The highest BCUT2D eigenvalue weighted by molar-refractivity contribution is 8.63. The number of hydrogen-bond donors (Lipinski definition) is 1. The fraction of sp³-hybridized carbons (Fsp3) is 0. The molecule has 14 heavy (non-hydrogen) atoms. The van der Waals surface area contributed by atoms with Gasteiger partial charge in [-0.15, -0.1) is 0 Å². The van der Waals surface area contributed by atoms with Gasteiger partial charge in [0, 0.05) is 0 Å². The molecule has 0 saturated carbocycles. The molecule has 0 atom stereocenters. The Morgan fingerprint density at radius 1 is 1.00 bits per heavy atom. The van der Waals surface area contributed by atoms with Crippen molar-refractivity contribution < 1.29 is 25.6 Å². The molecule has 0 amide bonds. The summed E-state index contributed by atoms with van der Waals surface area (Å²) in [5.41, 5.74) is 0. The molecule has 78 valence electrons. The Morgan fingerprint density at radius 3 is 1.93 bits per heavy atom. The first-order valence-corrected chi connectivity index (χ1v) is 6.66. The molecule has 6 nitrogen and oxygen atoms in total. The van der Waals surface area contributed by atoms with E-state index in [2.05, 4.69) is 4.18 Å². The van der Waals surface area contributed by atoms with Crippen molar-refractivity contribution in [1.29, 1.82) is 0 Å². The Morgan fingerprint density at radius 2 is 1.50 bits per heavy atom. The predicted molar refractivity (Wildman–Crippen MR) is 47.5 cm³/mol. The molecule has 1 rings (SSSR count). The van der Waals surface area contributed by atoms with Crippen LogP contribution < -0.4 is 4.18 Å². The highest BCUT2D eigenvalue weighted by Crippen LogP contribution is 2.13. The molecule has 0 saturated heterocycles. The Kier molecular flexibility index (Phi) is 2.79. The highest BCUT2D eigenvalue weighted by Gasteiger charge is 2.29. The lowest BCUT2D eigenvalue weighted by Crippen LogP contribution is -2.19. The average molecular weight is 238 g/mol. The SMILES string of the molecule is O=S(=O)(O)S(=O)(=O)Oc1ccccc1. The standard InChI is InChI=1S/C6H6O6S2/c7-13(8,9)14(10,11)12-6-4-2-1-3-5-6/h1-5H,(H,7,8,9). The molecular weight excluding hydrogens is 232 g/mol. The molecule has 0 aliphatic rings. The van der Waals surface area contributed by atoms with Crippen molar-refractivity contribution in [2.24, 2.45) is 0 Å². The first kappa shape index (κ1) is 11.0. The molecule has 0 unspecified atom stereocenters. The predicted octanol–water partition coefficient (Wildman–Crippen LogP) is 0.198. The third kappa shape index (κ3) is 2.44. The minimum absolute atomic E-state index is 0.190.